The Labute approximate surface area is 74.2 Å². The molecular formula is C10H18O2. The topological polar surface area (TPSA) is 18.5 Å². The van der Waals surface area contributed by atoms with E-state index in [0.29, 0.717) is 6.10 Å². The standard InChI is InChI=1S/C10H18O2/c1-8-3-5-10(6-4-8)11-7-9(2)12-10/h8-9H,3-7H2,1-2H3/t8?,9-,10?/m0/s1. The summed E-state index contributed by atoms with van der Waals surface area (Å²) < 4.78 is 11.5. The summed E-state index contributed by atoms with van der Waals surface area (Å²) in [5.41, 5.74) is 0. The van der Waals surface area contributed by atoms with E-state index in [-0.39, 0.29) is 5.79 Å². The summed E-state index contributed by atoms with van der Waals surface area (Å²) in [6.07, 6.45) is 5.01. The Kier molecular flexibility index (Phi) is 2.13. The molecule has 0 bridgehead atoms. The Morgan fingerprint density at radius 2 is 1.83 bits per heavy atom. The first-order chi connectivity index (χ1) is 5.70. The normalized spacial score (nSPS) is 48.5. The van der Waals surface area contributed by atoms with Gasteiger partial charge in [-0.2, -0.15) is 0 Å². The predicted molar refractivity (Wildman–Crippen MR) is 46.9 cm³/mol. The molecule has 0 aromatic rings. The van der Waals surface area contributed by atoms with Gasteiger partial charge in [-0.3, -0.25) is 0 Å². The van der Waals surface area contributed by atoms with Crippen LogP contribution in [0.25, 0.3) is 0 Å². The molecular weight excluding hydrogens is 152 g/mol. The van der Waals surface area contributed by atoms with Gasteiger partial charge in [-0.1, -0.05) is 6.92 Å². The molecule has 1 saturated heterocycles. The van der Waals surface area contributed by atoms with E-state index in [2.05, 4.69) is 13.8 Å². The van der Waals surface area contributed by atoms with E-state index >= 15 is 0 Å². The summed E-state index contributed by atoms with van der Waals surface area (Å²) in [5, 5.41) is 0. The number of hydrogen-bond acceptors (Lipinski definition) is 2. The van der Waals surface area contributed by atoms with Gasteiger partial charge < -0.3 is 9.47 Å². The molecule has 0 amide bonds. The second kappa shape index (κ2) is 3.00. The van der Waals surface area contributed by atoms with Crippen LogP contribution in [-0.4, -0.2) is 18.5 Å². The molecule has 0 unspecified atom stereocenters. The molecule has 1 saturated carbocycles. The third-order valence-electron chi connectivity index (χ3n) is 3.03. The maximum absolute atomic E-state index is 5.82. The summed E-state index contributed by atoms with van der Waals surface area (Å²) in [4.78, 5) is 0. The summed E-state index contributed by atoms with van der Waals surface area (Å²) in [7, 11) is 0. The summed E-state index contributed by atoms with van der Waals surface area (Å²) in [6.45, 7) is 5.19. The highest BCUT2D eigenvalue weighted by molar-refractivity contribution is 4.82. The van der Waals surface area contributed by atoms with Crippen molar-refractivity contribution in [2.24, 2.45) is 5.92 Å². The minimum absolute atomic E-state index is 0.175. The van der Waals surface area contributed by atoms with Gasteiger partial charge in [0.2, 0.25) is 0 Å². The first-order valence-electron chi connectivity index (χ1n) is 5.02. The van der Waals surface area contributed by atoms with Crippen LogP contribution in [0.4, 0.5) is 0 Å². The van der Waals surface area contributed by atoms with Gasteiger partial charge >= 0.3 is 0 Å². The number of rotatable bonds is 0. The second-order valence-corrected chi connectivity index (χ2v) is 4.33. The highest BCUT2D eigenvalue weighted by atomic mass is 16.7. The van der Waals surface area contributed by atoms with Crippen molar-refractivity contribution in [2.45, 2.75) is 51.4 Å². The molecule has 0 aromatic carbocycles. The Bertz CT molecular complexity index is 159. The van der Waals surface area contributed by atoms with Crippen molar-refractivity contribution in [3.63, 3.8) is 0 Å². The van der Waals surface area contributed by atoms with E-state index < -0.39 is 0 Å². The van der Waals surface area contributed by atoms with Gasteiger partial charge in [-0.25, -0.2) is 0 Å². The lowest BCUT2D eigenvalue weighted by atomic mass is 9.86. The molecule has 2 fully saturated rings. The van der Waals surface area contributed by atoms with Gasteiger partial charge in [0.25, 0.3) is 0 Å². The zero-order valence-corrected chi connectivity index (χ0v) is 8.01. The molecule has 1 aliphatic heterocycles. The summed E-state index contributed by atoms with van der Waals surface area (Å²) in [5.74, 6) is 0.685. The van der Waals surface area contributed by atoms with Crippen molar-refractivity contribution in [2.75, 3.05) is 6.61 Å². The van der Waals surface area contributed by atoms with Crippen LogP contribution >= 0.6 is 0 Å². The maximum atomic E-state index is 5.82. The summed E-state index contributed by atoms with van der Waals surface area (Å²) in [6, 6.07) is 0. The van der Waals surface area contributed by atoms with Crippen molar-refractivity contribution in [3.05, 3.63) is 0 Å². The molecule has 1 aliphatic carbocycles. The van der Waals surface area contributed by atoms with Crippen molar-refractivity contribution in [1.82, 2.24) is 0 Å². The smallest absolute Gasteiger partial charge is 0.168 e. The Balaban J connectivity index is 1.95. The highest BCUT2D eigenvalue weighted by Crippen LogP contribution is 2.39. The van der Waals surface area contributed by atoms with Crippen LogP contribution in [-0.2, 0) is 9.47 Å². The van der Waals surface area contributed by atoms with Crippen molar-refractivity contribution in [1.29, 1.82) is 0 Å². The zero-order valence-electron chi connectivity index (χ0n) is 8.01. The Hall–Kier alpha value is -0.0800. The van der Waals surface area contributed by atoms with Gasteiger partial charge in [0.05, 0.1) is 12.7 Å². The third kappa shape index (κ3) is 1.50. The van der Waals surface area contributed by atoms with Gasteiger partial charge in [0, 0.05) is 12.8 Å². The number of ether oxygens (including phenoxy) is 2. The predicted octanol–water partition coefficient (Wildman–Crippen LogP) is 2.33. The number of hydrogen-bond donors (Lipinski definition) is 0. The van der Waals surface area contributed by atoms with Crippen LogP contribution in [0, 0.1) is 5.92 Å². The largest absolute Gasteiger partial charge is 0.347 e. The molecule has 2 rings (SSSR count). The molecule has 2 nitrogen and oxygen atoms in total. The molecule has 0 radical (unpaired) electrons. The fourth-order valence-electron chi connectivity index (χ4n) is 2.17. The van der Waals surface area contributed by atoms with Gasteiger partial charge in [-0.15, -0.1) is 0 Å². The first-order valence-corrected chi connectivity index (χ1v) is 5.02. The molecule has 12 heavy (non-hydrogen) atoms. The quantitative estimate of drug-likeness (QED) is 0.555. The first kappa shape index (κ1) is 8.52. The van der Waals surface area contributed by atoms with Crippen molar-refractivity contribution < 1.29 is 9.47 Å². The van der Waals surface area contributed by atoms with E-state index in [0.717, 1.165) is 25.4 Å². The van der Waals surface area contributed by atoms with E-state index in [9.17, 15) is 0 Å². The van der Waals surface area contributed by atoms with Crippen LogP contribution in [0.1, 0.15) is 39.5 Å². The monoisotopic (exact) mass is 170 g/mol. The van der Waals surface area contributed by atoms with Crippen molar-refractivity contribution in [3.8, 4) is 0 Å². The van der Waals surface area contributed by atoms with Crippen LogP contribution < -0.4 is 0 Å². The third-order valence-corrected chi connectivity index (χ3v) is 3.03. The molecule has 2 aliphatic rings. The van der Waals surface area contributed by atoms with Crippen LogP contribution in [0.2, 0.25) is 0 Å². The molecule has 1 atom stereocenters. The van der Waals surface area contributed by atoms with E-state index in [1.54, 1.807) is 0 Å². The van der Waals surface area contributed by atoms with Crippen LogP contribution in [0.15, 0.2) is 0 Å². The van der Waals surface area contributed by atoms with Crippen molar-refractivity contribution >= 4 is 0 Å². The minimum Gasteiger partial charge on any atom is -0.347 e. The van der Waals surface area contributed by atoms with Gasteiger partial charge in [-0.05, 0) is 25.7 Å². The molecule has 1 spiro atoms. The lowest BCUT2D eigenvalue weighted by molar-refractivity contribution is -0.190. The average molecular weight is 170 g/mol. The van der Waals surface area contributed by atoms with Crippen LogP contribution in [0.3, 0.4) is 0 Å². The lowest BCUT2D eigenvalue weighted by Crippen LogP contribution is -2.35. The molecule has 70 valence electrons. The SMILES string of the molecule is CC1CCC2(CC1)OC[C@H](C)O2. The van der Waals surface area contributed by atoms with E-state index in [4.69, 9.17) is 9.47 Å². The van der Waals surface area contributed by atoms with Gasteiger partial charge in [0.1, 0.15) is 0 Å². The van der Waals surface area contributed by atoms with Crippen LogP contribution in [0.5, 0.6) is 0 Å². The maximum Gasteiger partial charge on any atom is 0.168 e. The Morgan fingerprint density at radius 1 is 1.17 bits per heavy atom. The van der Waals surface area contributed by atoms with E-state index in [1.807, 2.05) is 0 Å². The minimum atomic E-state index is -0.175. The Morgan fingerprint density at radius 3 is 2.33 bits per heavy atom. The summed E-state index contributed by atoms with van der Waals surface area (Å²) >= 11 is 0. The molecule has 0 aromatic heterocycles. The van der Waals surface area contributed by atoms with E-state index in [1.165, 1.54) is 12.8 Å². The highest BCUT2D eigenvalue weighted by Gasteiger charge is 2.41. The lowest BCUT2D eigenvalue weighted by Gasteiger charge is -2.34. The second-order valence-electron chi connectivity index (χ2n) is 4.33. The average Bonchev–Trinajstić information content (AvgIpc) is 2.40. The zero-order chi connectivity index (χ0) is 8.60. The molecule has 0 N–H and O–H groups in total. The molecule has 2 heteroatoms. The fourth-order valence-corrected chi connectivity index (χ4v) is 2.17. The fraction of sp³-hybridized carbons (Fsp3) is 1.00. The van der Waals surface area contributed by atoms with Gasteiger partial charge in [0.15, 0.2) is 5.79 Å². The molecule has 1 heterocycles.